The molecule has 0 amide bonds. The molecule has 1 N–H and O–H groups in total. The Morgan fingerprint density at radius 2 is 2.27 bits per heavy atom. The lowest BCUT2D eigenvalue weighted by Crippen LogP contribution is -2.21. The lowest BCUT2D eigenvalue weighted by molar-refractivity contribution is 0.224. The van der Waals surface area contributed by atoms with E-state index in [2.05, 4.69) is 6.07 Å². The van der Waals surface area contributed by atoms with Crippen LogP contribution in [0.15, 0.2) is 0 Å². The maximum Gasteiger partial charge on any atom is 0.108 e. The monoisotopic (exact) mass is 155 g/mol. The summed E-state index contributed by atoms with van der Waals surface area (Å²) in [6, 6.07) is 2.11. The first-order valence-corrected chi connectivity index (χ1v) is 3.75. The van der Waals surface area contributed by atoms with Gasteiger partial charge < -0.3 is 9.84 Å². The van der Waals surface area contributed by atoms with E-state index in [9.17, 15) is 0 Å². The van der Waals surface area contributed by atoms with Gasteiger partial charge in [-0.1, -0.05) is 13.8 Å². The number of ether oxygens (including phenoxy) is 1. The minimum absolute atomic E-state index is 0.0293. The fourth-order valence-electron chi connectivity index (χ4n) is 1.27. The molecule has 1 aliphatic rings. The quantitative estimate of drug-likeness (QED) is 0.610. The van der Waals surface area contributed by atoms with Crippen LogP contribution in [0.25, 0.3) is 0 Å². The molecule has 2 atom stereocenters. The van der Waals surface area contributed by atoms with Crippen LogP contribution in [-0.2, 0) is 4.74 Å². The minimum Gasteiger partial charge on any atom is -0.394 e. The first-order chi connectivity index (χ1) is 5.11. The van der Waals surface area contributed by atoms with Crippen LogP contribution in [0.4, 0.5) is 0 Å². The molecule has 11 heavy (non-hydrogen) atoms. The fourth-order valence-corrected chi connectivity index (χ4v) is 1.27. The summed E-state index contributed by atoms with van der Waals surface area (Å²) in [5.41, 5.74) is -0.109. The van der Waals surface area contributed by atoms with Gasteiger partial charge in [-0.2, -0.15) is 5.26 Å². The summed E-state index contributed by atoms with van der Waals surface area (Å²) in [4.78, 5) is 0. The standard InChI is InChI=1S/C8H13NO2/c1-8(2,3-4-9)7-6(5-10)11-7/h6-7,10H,3,5H2,1-2H3. The number of rotatable bonds is 3. The van der Waals surface area contributed by atoms with Crippen LogP contribution in [0.5, 0.6) is 0 Å². The third-order valence-electron chi connectivity index (χ3n) is 2.07. The van der Waals surface area contributed by atoms with Gasteiger partial charge in [0.1, 0.15) is 6.10 Å². The molecule has 3 nitrogen and oxygen atoms in total. The number of aliphatic hydroxyl groups is 1. The van der Waals surface area contributed by atoms with Crippen molar-refractivity contribution in [2.24, 2.45) is 5.41 Å². The van der Waals surface area contributed by atoms with Crippen molar-refractivity contribution in [2.75, 3.05) is 6.61 Å². The van der Waals surface area contributed by atoms with Crippen molar-refractivity contribution in [3.63, 3.8) is 0 Å². The predicted molar refractivity (Wildman–Crippen MR) is 39.8 cm³/mol. The summed E-state index contributed by atoms with van der Waals surface area (Å²) < 4.78 is 5.18. The topological polar surface area (TPSA) is 56.5 Å². The molecular formula is C8H13NO2. The predicted octanol–water partition coefficient (Wildman–Crippen LogP) is 0.686. The van der Waals surface area contributed by atoms with Crippen molar-refractivity contribution in [3.8, 4) is 6.07 Å². The first kappa shape index (κ1) is 8.51. The van der Waals surface area contributed by atoms with Gasteiger partial charge in [0.2, 0.25) is 0 Å². The summed E-state index contributed by atoms with van der Waals surface area (Å²) in [6.45, 7) is 4.03. The van der Waals surface area contributed by atoms with Gasteiger partial charge in [-0.25, -0.2) is 0 Å². The summed E-state index contributed by atoms with van der Waals surface area (Å²) in [5.74, 6) is 0. The van der Waals surface area contributed by atoms with E-state index in [0.717, 1.165) is 0 Å². The molecule has 1 heterocycles. The van der Waals surface area contributed by atoms with Gasteiger partial charge in [0.25, 0.3) is 0 Å². The van der Waals surface area contributed by atoms with Crippen molar-refractivity contribution in [3.05, 3.63) is 0 Å². The van der Waals surface area contributed by atoms with Gasteiger partial charge in [-0.15, -0.1) is 0 Å². The van der Waals surface area contributed by atoms with Gasteiger partial charge >= 0.3 is 0 Å². The molecule has 0 spiro atoms. The van der Waals surface area contributed by atoms with Crippen LogP contribution >= 0.6 is 0 Å². The zero-order chi connectivity index (χ0) is 8.48. The Morgan fingerprint density at radius 1 is 1.64 bits per heavy atom. The Hall–Kier alpha value is -0.590. The number of nitrogens with zero attached hydrogens (tertiary/aromatic N) is 1. The molecule has 0 aliphatic carbocycles. The molecule has 0 aromatic rings. The van der Waals surface area contributed by atoms with Gasteiger partial charge in [-0.3, -0.25) is 0 Å². The molecular weight excluding hydrogens is 142 g/mol. The van der Waals surface area contributed by atoms with Crippen molar-refractivity contribution in [1.29, 1.82) is 5.26 Å². The van der Waals surface area contributed by atoms with Gasteiger partial charge in [0, 0.05) is 11.8 Å². The Balaban J connectivity index is 2.42. The number of hydrogen-bond acceptors (Lipinski definition) is 3. The second-order valence-electron chi connectivity index (χ2n) is 3.60. The van der Waals surface area contributed by atoms with Crippen molar-refractivity contribution < 1.29 is 9.84 Å². The van der Waals surface area contributed by atoms with E-state index < -0.39 is 0 Å². The van der Waals surface area contributed by atoms with Gasteiger partial charge in [0.05, 0.1) is 18.8 Å². The zero-order valence-corrected chi connectivity index (χ0v) is 6.87. The van der Waals surface area contributed by atoms with E-state index in [1.54, 1.807) is 0 Å². The molecule has 1 saturated heterocycles. The van der Waals surface area contributed by atoms with Crippen LogP contribution < -0.4 is 0 Å². The van der Waals surface area contributed by atoms with Gasteiger partial charge in [0.15, 0.2) is 0 Å². The molecule has 1 aliphatic heterocycles. The maximum atomic E-state index is 8.70. The van der Waals surface area contributed by atoms with Crippen molar-refractivity contribution in [1.82, 2.24) is 0 Å². The Kier molecular flexibility index (Phi) is 2.17. The second-order valence-corrected chi connectivity index (χ2v) is 3.60. The molecule has 0 aromatic heterocycles. The highest BCUT2D eigenvalue weighted by molar-refractivity contribution is 4.99. The first-order valence-electron chi connectivity index (χ1n) is 3.75. The van der Waals surface area contributed by atoms with E-state index in [1.807, 2.05) is 13.8 Å². The Bertz CT molecular complexity index is 183. The number of nitriles is 1. The molecule has 3 heteroatoms. The lowest BCUT2D eigenvalue weighted by Gasteiger charge is -2.17. The fraction of sp³-hybridized carbons (Fsp3) is 0.875. The molecule has 0 aromatic carbocycles. The van der Waals surface area contributed by atoms with E-state index >= 15 is 0 Å². The molecule has 1 rings (SSSR count). The zero-order valence-electron chi connectivity index (χ0n) is 6.87. The van der Waals surface area contributed by atoms with Crippen LogP contribution in [0.2, 0.25) is 0 Å². The summed E-state index contributed by atoms with van der Waals surface area (Å²) in [7, 11) is 0. The largest absolute Gasteiger partial charge is 0.394 e. The third-order valence-corrected chi connectivity index (χ3v) is 2.07. The molecule has 1 fully saturated rings. The average Bonchev–Trinajstić information content (AvgIpc) is 2.65. The molecule has 0 saturated carbocycles. The Morgan fingerprint density at radius 3 is 2.64 bits per heavy atom. The van der Waals surface area contributed by atoms with E-state index in [4.69, 9.17) is 15.1 Å². The molecule has 0 bridgehead atoms. The summed E-state index contributed by atoms with van der Waals surface area (Å²) in [5, 5.41) is 17.2. The van der Waals surface area contributed by atoms with Crippen molar-refractivity contribution in [2.45, 2.75) is 32.5 Å². The second kappa shape index (κ2) is 2.80. The number of hydrogen-bond donors (Lipinski definition) is 1. The molecule has 0 radical (unpaired) electrons. The van der Waals surface area contributed by atoms with Crippen LogP contribution in [0, 0.1) is 16.7 Å². The number of epoxide rings is 1. The average molecular weight is 155 g/mol. The smallest absolute Gasteiger partial charge is 0.108 e. The van der Waals surface area contributed by atoms with E-state index in [-0.39, 0.29) is 24.2 Å². The van der Waals surface area contributed by atoms with Crippen molar-refractivity contribution >= 4 is 0 Å². The summed E-state index contributed by atoms with van der Waals surface area (Å²) >= 11 is 0. The highest BCUT2D eigenvalue weighted by atomic mass is 16.6. The molecule has 62 valence electrons. The maximum absolute atomic E-state index is 8.70. The van der Waals surface area contributed by atoms with Crippen LogP contribution in [-0.4, -0.2) is 23.9 Å². The lowest BCUT2D eigenvalue weighted by atomic mass is 9.85. The van der Waals surface area contributed by atoms with Gasteiger partial charge in [-0.05, 0) is 0 Å². The highest BCUT2D eigenvalue weighted by Crippen LogP contribution is 2.40. The number of aliphatic hydroxyl groups excluding tert-OH is 1. The highest BCUT2D eigenvalue weighted by Gasteiger charge is 2.48. The van der Waals surface area contributed by atoms with Crippen LogP contribution in [0.3, 0.4) is 0 Å². The van der Waals surface area contributed by atoms with E-state index in [1.165, 1.54) is 0 Å². The SMILES string of the molecule is CC(C)(CC#N)C1OC1CO. The minimum atomic E-state index is -0.109. The van der Waals surface area contributed by atoms with Crippen LogP contribution in [0.1, 0.15) is 20.3 Å². The Labute approximate surface area is 66.6 Å². The third kappa shape index (κ3) is 1.70. The summed E-state index contributed by atoms with van der Waals surface area (Å²) in [6.07, 6.45) is 0.527. The molecule has 2 unspecified atom stereocenters. The van der Waals surface area contributed by atoms with E-state index in [0.29, 0.717) is 6.42 Å². The normalized spacial score (nSPS) is 29.6.